The number of methoxy groups -OCH3 is 1. The Morgan fingerprint density at radius 1 is 1.43 bits per heavy atom. The summed E-state index contributed by atoms with van der Waals surface area (Å²) in [5.74, 6) is 0.831. The highest BCUT2D eigenvalue weighted by molar-refractivity contribution is 9.10. The molecule has 2 aromatic rings. The molecule has 1 aromatic heterocycles. The van der Waals surface area contributed by atoms with Gasteiger partial charge in [0, 0.05) is 17.1 Å². The summed E-state index contributed by atoms with van der Waals surface area (Å²) in [6.45, 7) is 0. The first-order valence-electron chi connectivity index (χ1n) is 4.04. The van der Waals surface area contributed by atoms with Crippen LogP contribution >= 0.6 is 27.3 Å². The summed E-state index contributed by atoms with van der Waals surface area (Å²) in [6, 6.07) is 5.96. The molecule has 0 N–H and O–H groups in total. The quantitative estimate of drug-likeness (QED) is 0.832. The van der Waals surface area contributed by atoms with Crippen LogP contribution < -0.4 is 4.74 Å². The molecule has 0 amide bonds. The average molecular weight is 270 g/mol. The standard InChI is InChI=1S/C10H8BrNOS/c1-13-9-6-7(2-3-8(9)11)10-12-4-5-14-10/h2-6H,1H3. The summed E-state index contributed by atoms with van der Waals surface area (Å²) in [5.41, 5.74) is 1.08. The van der Waals surface area contributed by atoms with Crippen molar-refractivity contribution in [3.63, 3.8) is 0 Å². The summed E-state index contributed by atoms with van der Waals surface area (Å²) in [7, 11) is 1.66. The minimum absolute atomic E-state index is 0.831. The van der Waals surface area contributed by atoms with Gasteiger partial charge in [-0.2, -0.15) is 0 Å². The second kappa shape index (κ2) is 4.11. The predicted octanol–water partition coefficient (Wildman–Crippen LogP) is 3.58. The van der Waals surface area contributed by atoms with E-state index in [4.69, 9.17) is 4.74 Å². The third-order valence-corrected chi connectivity index (χ3v) is 3.31. The van der Waals surface area contributed by atoms with Crippen LogP contribution in [0.5, 0.6) is 5.75 Å². The lowest BCUT2D eigenvalue weighted by Crippen LogP contribution is -1.85. The van der Waals surface area contributed by atoms with Gasteiger partial charge in [0.25, 0.3) is 0 Å². The van der Waals surface area contributed by atoms with E-state index in [-0.39, 0.29) is 0 Å². The van der Waals surface area contributed by atoms with Gasteiger partial charge in [-0.1, -0.05) is 6.07 Å². The van der Waals surface area contributed by atoms with Gasteiger partial charge < -0.3 is 4.74 Å². The number of hydrogen-bond acceptors (Lipinski definition) is 3. The largest absolute Gasteiger partial charge is 0.496 e. The highest BCUT2D eigenvalue weighted by Crippen LogP contribution is 2.31. The van der Waals surface area contributed by atoms with Crippen molar-refractivity contribution in [3.05, 3.63) is 34.2 Å². The molecular formula is C10H8BrNOS. The third-order valence-electron chi connectivity index (χ3n) is 1.83. The van der Waals surface area contributed by atoms with Gasteiger partial charge in [-0.25, -0.2) is 4.98 Å². The molecule has 0 saturated heterocycles. The number of aromatic nitrogens is 1. The Hall–Kier alpha value is -0.870. The van der Waals surface area contributed by atoms with E-state index in [1.807, 2.05) is 23.6 Å². The summed E-state index contributed by atoms with van der Waals surface area (Å²) < 4.78 is 6.17. The number of halogens is 1. The van der Waals surface area contributed by atoms with Crippen LogP contribution in [0.1, 0.15) is 0 Å². The number of thiazole rings is 1. The van der Waals surface area contributed by atoms with Crippen molar-refractivity contribution in [2.24, 2.45) is 0 Å². The molecule has 0 aliphatic carbocycles. The maximum absolute atomic E-state index is 5.21. The lowest BCUT2D eigenvalue weighted by Gasteiger charge is -2.04. The minimum atomic E-state index is 0.831. The Morgan fingerprint density at radius 3 is 2.93 bits per heavy atom. The van der Waals surface area contributed by atoms with Gasteiger partial charge in [0.05, 0.1) is 11.6 Å². The van der Waals surface area contributed by atoms with Crippen LogP contribution in [0.15, 0.2) is 34.2 Å². The fourth-order valence-electron chi connectivity index (χ4n) is 1.16. The zero-order valence-corrected chi connectivity index (χ0v) is 9.93. The van der Waals surface area contributed by atoms with Crippen LogP contribution in [0.3, 0.4) is 0 Å². The monoisotopic (exact) mass is 269 g/mol. The van der Waals surface area contributed by atoms with Gasteiger partial charge in [0.15, 0.2) is 0 Å². The van der Waals surface area contributed by atoms with Crippen molar-refractivity contribution >= 4 is 27.3 Å². The smallest absolute Gasteiger partial charge is 0.133 e. The third kappa shape index (κ3) is 1.81. The fourth-order valence-corrected chi connectivity index (χ4v) is 2.20. The van der Waals surface area contributed by atoms with Gasteiger partial charge in [-0.05, 0) is 28.1 Å². The van der Waals surface area contributed by atoms with Crippen molar-refractivity contribution in [2.45, 2.75) is 0 Å². The first-order chi connectivity index (χ1) is 6.81. The van der Waals surface area contributed by atoms with Crippen molar-refractivity contribution < 1.29 is 4.74 Å². The molecule has 2 nitrogen and oxygen atoms in total. The molecule has 0 aliphatic heterocycles. The lowest BCUT2D eigenvalue weighted by atomic mass is 10.2. The zero-order valence-electron chi connectivity index (χ0n) is 7.53. The van der Waals surface area contributed by atoms with E-state index in [0.717, 1.165) is 20.8 Å². The number of ether oxygens (including phenoxy) is 1. The van der Waals surface area contributed by atoms with Crippen LogP contribution in [0.25, 0.3) is 10.6 Å². The van der Waals surface area contributed by atoms with Crippen LogP contribution in [0.4, 0.5) is 0 Å². The van der Waals surface area contributed by atoms with Crippen LogP contribution in [0.2, 0.25) is 0 Å². The molecule has 0 aliphatic rings. The van der Waals surface area contributed by atoms with Crippen molar-refractivity contribution in [1.29, 1.82) is 0 Å². The SMILES string of the molecule is COc1cc(-c2nccs2)ccc1Br. The van der Waals surface area contributed by atoms with E-state index in [2.05, 4.69) is 20.9 Å². The van der Waals surface area contributed by atoms with Crippen molar-refractivity contribution in [3.8, 4) is 16.3 Å². The fraction of sp³-hybridized carbons (Fsp3) is 0.100. The maximum Gasteiger partial charge on any atom is 0.133 e. The Morgan fingerprint density at radius 2 is 2.29 bits per heavy atom. The Balaban J connectivity index is 2.46. The van der Waals surface area contributed by atoms with E-state index in [1.54, 1.807) is 24.6 Å². The summed E-state index contributed by atoms with van der Waals surface area (Å²) in [5, 5.41) is 2.97. The van der Waals surface area contributed by atoms with Gasteiger partial charge >= 0.3 is 0 Å². The molecule has 14 heavy (non-hydrogen) atoms. The molecule has 1 heterocycles. The second-order valence-electron chi connectivity index (χ2n) is 2.69. The van der Waals surface area contributed by atoms with E-state index >= 15 is 0 Å². The van der Waals surface area contributed by atoms with Gasteiger partial charge in [0.2, 0.25) is 0 Å². The number of benzene rings is 1. The predicted molar refractivity (Wildman–Crippen MR) is 61.8 cm³/mol. The minimum Gasteiger partial charge on any atom is -0.496 e. The molecule has 0 spiro atoms. The Labute approximate surface area is 94.7 Å². The summed E-state index contributed by atoms with van der Waals surface area (Å²) in [6.07, 6.45) is 1.80. The molecule has 0 bridgehead atoms. The van der Waals surface area contributed by atoms with Crippen molar-refractivity contribution in [2.75, 3.05) is 7.11 Å². The van der Waals surface area contributed by atoms with E-state index in [1.165, 1.54) is 0 Å². The van der Waals surface area contributed by atoms with E-state index in [0.29, 0.717) is 0 Å². The summed E-state index contributed by atoms with van der Waals surface area (Å²) in [4.78, 5) is 4.24. The van der Waals surface area contributed by atoms with Gasteiger partial charge in [0.1, 0.15) is 10.8 Å². The van der Waals surface area contributed by atoms with Crippen LogP contribution in [-0.2, 0) is 0 Å². The summed E-state index contributed by atoms with van der Waals surface area (Å²) >= 11 is 5.03. The van der Waals surface area contributed by atoms with Crippen LogP contribution in [-0.4, -0.2) is 12.1 Å². The topological polar surface area (TPSA) is 22.1 Å². The molecule has 0 atom stereocenters. The first-order valence-corrected chi connectivity index (χ1v) is 5.72. The molecule has 1 aromatic carbocycles. The van der Waals surface area contributed by atoms with E-state index in [9.17, 15) is 0 Å². The molecule has 0 radical (unpaired) electrons. The second-order valence-corrected chi connectivity index (χ2v) is 4.44. The number of nitrogens with zero attached hydrogens (tertiary/aromatic N) is 1. The zero-order chi connectivity index (χ0) is 9.97. The number of rotatable bonds is 2. The molecule has 4 heteroatoms. The molecule has 72 valence electrons. The highest BCUT2D eigenvalue weighted by Gasteiger charge is 2.04. The van der Waals surface area contributed by atoms with Crippen molar-refractivity contribution in [1.82, 2.24) is 4.98 Å². The molecule has 0 fully saturated rings. The molecular weight excluding hydrogens is 262 g/mol. The van der Waals surface area contributed by atoms with Gasteiger partial charge in [-0.15, -0.1) is 11.3 Å². The molecule has 0 saturated carbocycles. The van der Waals surface area contributed by atoms with Gasteiger partial charge in [-0.3, -0.25) is 0 Å². The van der Waals surface area contributed by atoms with E-state index < -0.39 is 0 Å². The average Bonchev–Trinajstić information content (AvgIpc) is 2.71. The molecule has 0 unspecified atom stereocenters. The molecule has 2 rings (SSSR count). The maximum atomic E-state index is 5.21. The van der Waals surface area contributed by atoms with Crippen LogP contribution in [0, 0.1) is 0 Å². The normalized spacial score (nSPS) is 10.1. The Bertz CT molecular complexity index is 428. The highest BCUT2D eigenvalue weighted by atomic mass is 79.9. The number of hydrogen-bond donors (Lipinski definition) is 0. The first kappa shape index (κ1) is 9.68. The lowest BCUT2D eigenvalue weighted by molar-refractivity contribution is 0.412. The Kier molecular flexibility index (Phi) is 2.84.